The van der Waals surface area contributed by atoms with Gasteiger partial charge in [0.2, 0.25) is 0 Å². The lowest BCUT2D eigenvalue weighted by molar-refractivity contribution is -0.129. The topological polar surface area (TPSA) is 57.2 Å². The van der Waals surface area contributed by atoms with Crippen molar-refractivity contribution in [2.75, 3.05) is 33.5 Å². The lowest BCUT2D eigenvalue weighted by Crippen LogP contribution is -2.39. The highest BCUT2D eigenvalue weighted by Crippen LogP contribution is 2.30. The largest absolute Gasteiger partial charge is 0.493 e. The summed E-state index contributed by atoms with van der Waals surface area (Å²) in [7, 11) is 1.61. The molecule has 32 heavy (non-hydrogen) atoms. The van der Waals surface area contributed by atoms with E-state index in [4.69, 9.17) is 18.9 Å². The standard InChI is InChI=1S/C26H29NO5/c1-3-12-31-24-11-10-19(14-25(24)29-2)16-27(17-22-8-6-13-30-22)26(28)21-15-20-7-4-5-9-23(20)32-18-21/h3-5,7,9-11,14-15,22H,1,6,8,12-13,16-18H2,2H3. The van der Waals surface area contributed by atoms with E-state index in [9.17, 15) is 4.79 Å². The Kier molecular flexibility index (Phi) is 7.12. The molecule has 0 spiro atoms. The molecule has 0 N–H and O–H groups in total. The minimum absolute atomic E-state index is 0.0408. The van der Waals surface area contributed by atoms with E-state index in [0.717, 1.165) is 36.3 Å². The summed E-state index contributed by atoms with van der Waals surface area (Å²) in [6, 6.07) is 13.5. The molecule has 2 aromatic rings. The van der Waals surface area contributed by atoms with E-state index in [2.05, 4.69) is 6.58 Å². The molecule has 2 heterocycles. The second kappa shape index (κ2) is 10.4. The molecule has 2 aliphatic heterocycles. The van der Waals surface area contributed by atoms with Crippen LogP contribution in [0.25, 0.3) is 6.08 Å². The van der Waals surface area contributed by atoms with Crippen LogP contribution in [-0.4, -0.2) is 50.4 Å². The van der Waals surface area contributed by atoms with Gasteiger partial charge in [-0.1, -0.05) is 36.9 Å². The van der Waals surface area contributed by atoms with Crippen LogP contribution in [0.2, 0.25) is 0 Å². The van der Waals surface area contributed by atoms with Gasteiger partial charge in [0.1, 0.15) is 19.0 Å². The van der Waals surface area contributed by atoms with E-state index in [1.54, 1.807) is 13.2 Å². The molecule has 1 saturated heterocycles. The molecule has 0 radical (unpaired) electrons. The Bertz CT molecular complexity index is 993. The Morgan fingerprint density at radius 1 is 1.25 bits per heavy atom. The van der Waals surface area contributed by atoms with Gasteiger partial charge in [0.25, 0.3) is 5.91 Å². The molecule has 1 unspecified atom stereocenters. The normalized spacial score (nSPS) is 17.0. The number of hydrogen-bond acceptors (Lipinski definition) is 5. The fraction of sp³-hybridized carbons (Fsp3) is 0.346. The van der Waals surface area contributed by atoms with E-state index in [1.807, 2.05) is 53.4 Å². The number of ether oxygens (including phenoxy) is 4. The van der Waals surface area contributed by atoms with Gasteiger partial charge < -0.3 is 23.8 Å². The Balaban J connectivity index is 1.56. The van der Waals surface area contributed by atoms with E-state index in [-0.39, 0.29) is 18.6 Å². The van der Waals surface area contributed by atoms with Gasteiger partial charge in [-0.25, -0.2) is 0 Å². The molecule has 2 aromatic carbocycles. The fourth-order valence-electron chi connectivity index (χ4n) is 3.99. The number of benzene rings is 2. The molecular weight excluding hydrogens is 406 g/mol. The predicted molar refractivity (Wildman–Crippen MR) is 123 cm³/mol. The van der Waals surface area contributed by atoms with Gasteiger partial charge in [-0.3, -0.25) is 4.79 Å². The Hall–Kier alpha value is -3.25. The second-order valence-electron chi connectivity index (χ2n) is 7.90. The van der Waals surface area contributed by atoms with E-state index < -0.39 is 0 Å². The van der Waals surface area contributed by atoms with Gasteiger partial charge in [0.15, 0.2) is 11.5 Å². The van der Waals surface area contributed by atoms with Crippen LogP contribution in [0.4, 0.5) is 0 Å². The maximum Gasteiger partial charge on any atom is 0.253 e. The van der Waals surface area contributed by atoms with Gasteiger partial charge >= 0.3 is 0 Å². The van der Waals surface area contributed by atoms with Gasteiger partial charge in [-0.2, -0.15) is 0 Å². The molecule has 1 atom stereocenters. The van der Waals surface area contributed by atoms with Crippen molar-refractivity contribution in [1.82, 2.24) is 4.90 Å². The molecule has 1 amide bonds. The number of amides is 1. The summed E-state index contributed by atoms with van der Waals surface area (Å²) in [6.07, 6.45) is 5.65. The molecule has 6 nitrogen and oxygen atoms in total. The van der Waals surface area contributed by atoms with E-state index >= 15 is 0 Å². The van der Waals surface area contributed by atoms with Crippen molar-refractivity contribution in [2.24, 2.45) is 0 Å². The van der Waals surface area contributed by atoms with Crippen LogP contribution < -0.4 is 14.2 Å². The van der Waals surface area contributed by atoms with E-state index in [1.165, 1.54) is 0 Å². The van der Waals surface area contributed by atoms with Crippen molar-refractivity contribution in [3.8, 4) is 17.2 Å². The van der Waals surface area contributed by atoms with Crippen molar-refractivity contribution >= 4 is 12.0 Å². The Labute approximate surface area is 189 Å². The molecule has 6 heteroatoms. The molecule has 0 saturated carbocycles. The lowest BCUT2D eigenvalue weighted by atomic mass is 10.1. The van der Waals surface area contributed by atoms with Gasteiger partial charge in [0, 0.05) is 25.3 Å². The number of carbonyl (C=O) groups excluding carboxylic acids is 1. The molecule has 168 valence electrons. The molecule has 0 aliphatic carbocycles. The van der Waals surface area contributed by atoms with Crippen molar-refractivity contribution in [2.45, 2.75) is 25.5 Å². The maximum atomic E-state index is 13.5. The highest BCUT2D eigenvalue weighted by molar-refractivity contribution is 5.99. The first-order chi connectivity index (χ1) is 15.7. The highest BCUT2D eigenvalue weighted by atomic mass is 16.5. The van der Waals surface area contributed by atoms with Crippen molar-refractivity contribution in [3.63, 3.8) is 0 Å². The van der Waals surface area contributed by atoms with Crippen molar-refractivity contribution < 1.29 is 23.7 Å². The molecule has 2 aliphatic rings. The van der Waals surface area contributed by atoms with Crippen LogP contribution in [0.1, 0.15) is 24.0 Å². The van der Waals surface area contributed by atoms with Crippen LogP contribution in [0, 0.1) is 0 Å². The minimum atomic E-state index is -0.0408. The smallest absolute Gasteiger partial charge is 0.253 e. The number of fused-ring (bicyclic) bond motifs is 1. The summed E-state index contributed by atoms with van der Waals surface area (Å²) in [4.78, 5) is 15.4. The van der Waals surface area contributed by atoms with Crippen LogP contribution in [-0.2, 0) is 16.1 Å². The zero-order valence-corrected chi connectivity index (χ0v) is 18.4. The quantitative estimate of drug-likeness (QED) is 0.552. The average molecular weight is 436 g/mol. The SMILES string of the molecule is C=CCOc1ccc(CN(CC2CCCO2)C(=O)C2=Cc3ccccc3OC2)cc1OC. The first kappa shape index (κ1) is 22.0. The van der Waals surface area contributed by atoms with Crippen LogP contribution in [0.3, 0.4) is 0 Å². The van der Waals surface area contributed by atoms with E-state index in [0.29, 0.717) is 36.8 Å². The van der Waals surface area contributed by atoms with Gasteiger partial charge in [-0.15, -0.1) is 0 Å². The second-order valence-corrected chi connectivity index (χ2v) is 7.90. The Morgan fingerprint density at radius 2 is 2.12 bits per heavy atom. The number of nitrogens with zero attached hydrogens (tertiary/aromatic N) is 1. The number of para-hydroxylation sites is 1. The zero-order chi connectivity index (χ0) is 22.3. The third kappa shape index (κ3) is 5.14. The van der Waals surface area contributed by atoms with Crippen LogP contribution >= 0.6 is 0 Å². The number of rotatable bonds is 9. The highest BCUT2D eigenvalue weighted by Gasteiger charge is 2.27. The summed E-state index contributed by atoms with van der Waals surface area (Å²) in [5.74, 6) is 2.03. The molecule has 0 aromatic heterocycles. The molecular formula is C26H29NO5. The maximum absolute atomic E-state index is 13.5. The third-order valence-electron chi connectivity index (χ3n) is 5.60. The molecule has 0 bridgehead atoms. The van der Waals surface area contributed by atoms with Gasteiger partial charge in [-0.05, 0) is 42.7 Å². The van der Waals surface area contributed by atoms with Crippen molar-refractivity contribution in [1.29, 1.82) is 0 Å². The first-order valence-electron chi connectivity index (χ1n) is 10.9. The number of carbonyl (C=O) groups is 1. The minimum Gasteiger partial charge on any atom is -0.493 e. The predicted octanol–water partition coefficient (Wildman–Crippen LogP) is 4.24. The van der Waals surface area contributed by atoms with Crippen LogP contribution in [0.5, 0.6) is 17.2 Å². The monoisotopic (exact) mass is 435 g/mol. The third-order valence-corrected chi connectivity index (χ3v) is 5.60. The average Bonchev–Trinajstić information content (AvgIpc) is 3.35. The number of hydrogen-bond donors (Lipinski definition) is 0. The molecule has 4 rings (SSSR count). The van der Waals surface area contributed by atoms with Crippen molar-refractivity contribution in [3.05, 3.63) is 71.8 Å². The summed E-state index contributed by atoms with van der Waals surface area (Å²) in [6.45, 7) is 6.06. The molecule has 1 fully saturated rings. The fourth-order valence-corrected chi connectivity index (χ4v) is 3.99. The zero-order valence-electron chi connectivity index (χ0n) is 18.4. The van der Waals surface area contributed by atoms with Gasteiger partial charge in [0.05, 0.1) is 18.8 Å². The summed E-state index contributed by atoms with van der Waals surface area (Å²) in [5, 5.41) is 0. The lowest BCUT2D eigenvalue weighted by Gasteiger charge is -2.28. The van der Waals surface area contributed by atoms with Crippen LogP contribution in [0.15, 0.2) is 60.7 Å². The summed E-state index contributed by atoms with van der Waals surface area (Å²) >= 11 is 0. The summed E-state index contributed by atoms with van der Waals surface area (Å²) in [5.41, 5.74) is 2.51. The first-order valence-corrected chi connectivity index (χ1v) is 10.9. The Morgan fingerprint density at radius 3 is 2.91 bits per heavy atom. The number of methoxy groups -OCH3 is 1. The summed E-state index contributed by atoms with van der Waals surface area (Å²) < 4.78 is 22.8.